The van der Waals surface area contributed by atoms with E-state index in [0.29, 0.717) is 12.6 Å². The second-order valence-corrected chi connectivity index (χ2v) is 4.41. The predicted octanol–water partition coefficient (Wildman–Crippen LogP) is 1.06. The molecule has 1 fully saturated rings. The molecule has 0 saturated carbocycles. The minimum absolute atomic E-state index is 0.00597. The molecule has 16 heavy (non-hydrogen) atoms. The molecule has 0 aliphatic carbocycles. The number of nitrogens with one attached hydrogen (secondary N) is 2. The normalized spacial score (nSPS) is 22.0. The van der Waals surface area contributed by atoms with E-state index in [4.69, 9.17) is 4.74 Å². The smallest absolute Gasteiger partial charge is 0.248 e. The zero-order valence-corrected chi connectivity index (χ0v) is 10.4. The van der Waals surface area contributed by atoms with E-state index in [0.717, 1.165) is 32.4 Å². The highest BCUT2D eigenvalue weighted by Crippen LogP contribution is 2.06. The van der Waals surface area contributed by atoms with Crippen LogP contribution < -0.4 is 10.6 Å². The molecule has 1 aliphatic heterocycles. The van der Waals surface area contributed by atoms with Crippen LogP contribution in [0.5, 0.6) is 0 Å². The third-order valence-corrected chi connectivity index (χ3v) is 2.91. The van der Waals surface area contributed by atoms with Gasteiger partial charge in [-0.15, -0.1) is 0 Å². The number of hydrogen-bond acceptors (Lipinski definition) is 3. The lowest BCUT2D eigenvalue weighted by molar-refractivity contribution is -0.132. The first kappa shape index (κ1) is 13.5. The molecule has 1 saturated heterocycles. The van der Waals surface area contributed by atoms with E-state index in [1.165, 1.54) is 6.42 Å². The number of amides is 1. The van der Waals surface area contributed by atoms with E-state index < -0.39 is 0 Å². The van der Waals surface area contributed by atoms with Crippen molar-refractivity contribution in [3.05, 3.63) is 0 Å². The summed E-state index contributed by atoms with van der Waals surface area (Å²) in [5.41, 5.74) is 0. The zero-order valence-electron chi connectivity index (χ0n) is 10.4. The number of unbranched alkanes of at least 4 members (excludes halogenated alkanes) is 1. The van der Waals surface area contributed by atoms with E-state index >= 15 is 0 Å². The molecule has 2 atom stereocenters. The van der Waals surface area contributed by atoms with Gasteiger partial charge in [0, 0.05) is 12.6 Å². The number of carbonyl (C=O) groups excluding carboxylic acids is 1. The molecule has 1 amide bonds. The minimum Gasteiger partial charge on any atom is -0.367 e. The van der Waals surface area contributed by atoms with Crippen molar-refractivity contribution in [2.45, 2.75) is 51.7 Å². The van der Waals surface area contributed by atoms with E-state index in [2.05, 4.69) is 17.6 Å². The van der Waals surface area contributed by atoms with Crippen LogP contribution in [0, 0.1) is 0 Å². The van der Waals surface area contributed by atoms with Gasteiger partial charge in [-0.1, -0.05) is 13.3 Å². The maximum absolute atomic E-state index is 11.6. The monoisotopic (exact) mass is 228 g/mol. The summed E-state index contributed by atoms with van der Waals surface area (Å²) in [4.78, 5) is 11.6. The molecule has 2 unspecified atom stereocenters. The lowest BCUT2D eigenvalue weighted by Crippen LogP contribution is -2.37. The van der Waals surface area contributed by atoms with Crippen molar-refractivity contribution < 1.29 is 9.53 Å². The molecule has 1 aliphatic rings. The van der Waals surface area contributed by atoms with E-state index in [-0.39, 0.29) is 12.0 Å². The van der Waals surface area contributed by atoms with E-state index in [9.17, 15) is 4.79 Å². The SMILES string of the molecule is CCCCNC(=O)C(C)OCC1CCCN1. The first-order valence-corrected chi connectivity index (χ1v) is 6.36. The Hall–Kier alpha value is -0.610. The Labute approximate surface area is 98.1 Å². The average Bonchev–Trinajstić information content (AvgIpc) is 2.79. The van der Waals surface area contributed by atoms with Gasteiger partial charge in [0.1, 0.15) is 6.10 Å². The van der Waals surface area contributed by atoms with Gasteiger partial charge in [-0.05, 0) is 32.7 Å². The molecule has 94 valence electrons. The molecule has 4 heteroatoms. The molecule has 0 aromatic rings. The third-order valence-electron chi connectivity index (χ3n) is 2.91. The van der Waals surface area contributed by atoms with Crippen molar-refractivity contribution in [3.8, 4) is 0 Å². The van der Waals surface area contributed by atoms with Gasteiger partial charge in [-0.2, -0.15) is 0 Å². The van der Waals surface area contributed by atoms with Gasteiger partial charge in [0.25, 0.3) is 0 Å². The van der Waals surface area contributed by atoms with Crippen LogP contribution >= 0.6 is 0 Å². The van der Waals surface area contributed by atoms with Crippen LogP contribution in [0.1, 0.15) is 39.5 Å². The molecule has 1 heterocycles. The number of ether oxygens (including phenoxy) is 1. The van der Waals surface area contributed by atoms with Gasteiger partial charge in [0.05, 0.1) is 6.61 Å². The average molecular weight is 228 g/mol. The quantitative estimate of drug-likeness (QED) is 0.641. The fourth-order valence-corrected chi connectivity index (χ4v) is 1.77. The third kappa shape index (κ3) is 4.94. The lowest BCUT2D eigenvalue weighted by atomic mass is 10.2. The standard InChI is InChI=1S/C12H24N2O2/c1-3-4-7-14-12(15)10(2)16-9-11-6-5-8-13-11/h10-11,13H,3-9H2,1-2H3,(H,14,15). The van der Waals surface area contributed by atoms with Crippen LogP contribution in [0.4, 0.5) is 0 Å². The summed E-state index contributed by atoms with van der Waals surface area (Å²) in [6, 6.07) is 0.436. The van der Waals surface area contributed by atoms with Crippen LogP contribution in [0.3, 0.4) is 0 Å². The highest BCUT2D eigenvalue weighted by atomic mass is 16.5. The van der Waals surface area contributed by atoms with Gasteiger partial charge < -0.3 is 15.4 Å². The number of rotatable bonds is 7. The lowest BCUT2D eigenvalue weighted by Gasteiger charge is -2.16. The molecule has 0 aromatic carbocycles. The zero-order chi connectivity index (χ0) is 11.8. The molecular weight excluding hydrogens is 204 g/mol. The molecule has 0 radical (unpaired) electrons. The van der Waals surface area contributed by atoms with Crippen molar-refractivity contribution in [2.75, 3.05) is 19.7 Å². The van der Waals surface area contributed by atoms with Crippen molar-refractivity contribution in [1.82, 2.24) is 10.6 Å². The van der Waals surface area contributed by atoms with Gasteiger partial charge in [0.2, 0.25) is 5.91 Å². The van der Waals surface area contributed by atoms with Crippen LogP contribution in [-0.2, 0) is 9.53 Å². The number of carbonyl (C=O) groups is 1. The fraction of sp³-hybridized carbons (Fsp3) is 0.917. The van der Waals surface area contributed by atoms with Crippen LogP contribution in [0.25, 0.3) is 0 Å². The summed E-state index contributed by atoms with van der Waals surface area (Å²) in [5, 5.41) is 6.22. The van der Waals surface area contributed by atoms with Crippen molar-refractivity contribution >= 4 is 5.91 Å². The predicted molar refractivity (Wildman–Crippen MR) is 64.4 cm³/mol. The fourth-order valence-electron chi connectivity index (χ4n) is 1.77. The van der Waals surface area contributed by atoms with E-state index in [1.807, 2.05) is 6.92 Å². The molecule has 0 bridgehead atoms. The Bertz CT molecular complexity index is 203. The van der Waals surface area contributed by atoms with E-state index in [1.54, 1.807) is 0 Å². The Balaban J connectivity index is 2.07. The largest absolute Gasteiger partial charge is 0.367 e. The first-order valence-electron chi connectivity index (χ1n) is 6.36. The highest BCUT2D eigenvalue weighted by Gasteiger charge is 2.18. The van der Waals surface area contributed by atoms with Crippen LogP contribution in [0.2, 0.25) is 0 Å². The minimum atomic E-state index is -0.334. The molecule has 2 N–H and O–H groups in total. The van der Waals surface area contributed by atoms with Gasteiger partial charge in [-0.25, -0.2) is 0 Å². The Kier molecular flexibility index (Phi) is 6.42. The summed E-state index contributed by atoms with van der Waals surface area (Å²) >= 11 is 0. The second-order valence-electron chi connectivity index (χ2n) is 4.41. The van der Waals surface area contributed by atoms with Gasteiger partial charge in [-0.3, -0.25) is 4.79 Å². The van der Waals surface area contributed by atoms with Gasteiger partial charge >= 0.3 is 0 Å². The molecule has 4 nitrogen and oxygen atoms in total. The molecule has 0 aromatic heterocycles. The molecule has 0 spiro atoms. The summed E-state index contributed by atoms with van der Waals surface area (Å²) in [6.45, 7) is 6.40. The summed E-state index contributed by atoms with van der Waals surface area (Å²) in [7, 11) is 0. The molecule has 1 rings (SSSR count). The maximum Gasteiger partial charge on any atom is 0.248 e. The summed E-state index contributed by atoms with van der Waals surface area (Å²) in [6.07, 6.45) is 4.17. The van der Waals surface area contributed by atoms with Crippen molar-refractivity contribution in [1.29, 1.82) is 0 Å². The van der Waals surface area contributed by atoms with Crippen molar-refractivity contribution in [2.24, 2.45) is 0 Å². The highest BCUT2D eigenvalue weighted by molar-refractivity contribution is 5.80. The Morgan fingerprint density at radius 2 is 2.44 bits per heavy atom. The van der Waals surface area contributed by atoms with Crippen molar-refractivity contribution in [3.63, 3.8) is 0 Å². The summed E-state index contributed by atoms with van der Waals surface area (Å²) < 4.78 is 5.54. The topological polar surface area (TPSA) is 50.4 Å². The molecular formula is C12H24N2O2. The number of hydrogen-bond donors (Lipinski definition) is 2. The Morgan fingerprint density at radius 1 is 1.62 bits per heavy atom. The second kappa shape index (κ2) is 7.63. The van der Waals surface area contributed by atoms with Crippen LogP contribution in [-0.4, -0.2) is 37.7 Å². The summed E-state index contributed by atoms with van der Waals surface area (Å²) in [5.74, 6) is 0.00597. The van der Waals surface area contributed by atoms with Crippen LogP contribution in [0.15, 0.2) is 0 Å². The Morgan fingerprint density at radius 3 is 3.06 bits per heavy atom. The van der Waals surface area contributed by atoms with Gasteiger partial charge in [0.15, 0.2) is 0 Å². The first-order chi connectivity index (χ1) is 7.74. The maximum atomic E-state index is 11.6.